The summed E-state index contributed by atoms with van der Waals surface area (Å²) in [5, 5.41) is 5.40. The lowest BCUT2D eigenvalue weighted by atomic mass is 10.1. The number of carbonyl (C=O) groups is 2. The summed E-state index contributed by atoms with van der Waals surface area (Å²) in [4.78, 5) is 26.3. The standard InChI is InChI=1S/C19H17ClF3N3O2/c1-11-8-17(27)25-15-4-2-3-5-16(15)26(11)18(28)10-24-14-7-6-12(9-13(14)20)19(21,22)23/h2-7,9,11,24H,8,10H2,1H3,(H,25,27). The van der Waals surface area contributed by atoms with E-state index in [1.807, 2.05) is 0 Å². The number of carbonyl (C=O) groups excluding carboxylic acids is 2. The van der Waals surface area contributed by atoms with Gasteiger partial charge < -0.3 is 15.5 Å². The van der Waals surface area contributed by atoms with Crippen LogP contribution in [-0.2, 0) is 15.8 Å². The van der Waals surface area contributed by atoms with Gasteiger partial charge in [-0.05, 0) is 37.3 Å². The minimum atomic E-state index is -4.50. The number of nitrogens with one attached hydrogen (secondary N) is 2. The predicted octanol–water partition coefficient (Wildman–Crippen LogP) is 4.53. The number of halogens is 4. The molecule has 1 heterocycles. The molecule has 0 saturated heterocycles. The molecule has 28 heavy (non-hydrogen) atoms. The van der Waals surface area contributed by atoms with Crippen molar-refractivity contribution >= 4 is 40.5 Å². The highest BCUT2D eigenvalue weighted by molar-refractivity contribution is 6.33. The van der Waals surface area contributed by atoms with Crippen LogP contribution in [0.15, 0.2) is 42.5 Å². The fraction of sp³-hybridized carbons (Fsp3) is 0.263. The van der Waals surface area contributed by atoms with Gasteiger partial charge in [0.05, 0.1) is 34.2 Å². The van der Waals surface area contributed by atoms with E-state index >= 15 is 0 Å². The number of anilines is 3. The Bertz CT molecular complexity index is 918. The number of amides is 2. The van der Waals surface area contributed by atoms with Gasteiger partial charge in [0.25, 0.3) is 0 Å². The van der Waals surface area contributed by atoms with Crippen LogP contribution in [0.4, 0.5) is 30.2 Å². The van der Waals surface area contributed by atoms with Crippen molar-refractivity contribution < 1.29 is 22.8 Å². The van der Waals surface area contributed by atoms with Crippen LogP contribution in [0.5, 0.6) is 0 Å². The van der Waals surface area contributed by atoms with Crippen LogP contribution in [0.3, 0.4) is 0 Å². The highest BCUT2D eigenvalue weighted by Crippen LogP contribution is 2.34. The van der Waals surface area contributed by atoms with Gasteiger partial charge in [-0.1, -0.05) is 23.7 Å². The van der Waals surface area contributed by atoms with E-state index in [1.54, 1.807) is 31.2 Å². The number of para-hydroxylation sites is 2. The molecule has 0 fully saturated rings. The van der Waals surface area contributed by atoms with E-state index in [0.717, 1.165) is 12.1 Å². The summed E-state index contributed by atoms with van der Waals surface area (Å²) in [6.45, 7) is 1.56. The highest BCUT2D eigenvalue weighted by Gasteiger charge is 2.31. The maximum Gasteiger partial charge on any atom is 0.416 e. The monoisotopic (exact) mass is 411 g/mol. The summed E-state index contributed by atoms with van der Waals surface area (Å²) in [5.41, 5.74) is 0.436. The van der Waals surface area contributed by atoms with Gasteiger partial charge in [-0.3, -0.25) is 9.59 Å². The zero-order chi connectivity index (χ0) is 20.5. The van der Waals surface area contributed by atoms with Crippen LogP contribution >= 0.6 is 11.6 Å². The number of hydrogen-bond donors (Lipinski definition) is 2. The van der Waals surface area contributed by atoms with Crippen LogP contribution in [0.25, 0.3) is 0 Å². The molecule has 2 aromatic rings. The zero-order valence-corrected chi connectivity index (χ0v) is 15.6. The third-order valence-corrected chi connectivity index (χ3v) is 4.67. The first kappa shape index (κ1) is 20.0. The molecule has 0 spiro atoms. The molecular weight excluding hydrogens is 395 g/mol. The molecule has 5 nitrogen and oxygen atoms in total. The predicted molar refractivity (Wildman–Crippen MR) is 102 cm³/mol. The lowest BCUT2D eigenvalue weighted by molar-refractivity contribution is -0.137. The molecule has 0 saturated carbocycles. The van der Waals surface area contributed by atoms with Gasteiger partial charge >= 0.3 is 6.18 Å². The Kier molecular flexibility index (Phi) is 5.51. The normalized spacial score (nSPS) is 16.8. The summed E-state index contributed by atoms with van der Waals surface area (Å²) >= 11 is 5.92. The Labute approximate surface area is 164 Å². The van der Waals surface area contributed by atoms with Crippen molar-refractivity contribution in [3.05, 3.63) is 53.1 Å². The maximum atomic E-state index is 12.8. The molecule has 1 unspecified atom stereocenters. The molecular formula is C19H17ClF3N3O2. The van der Waals surface area contributed by atoms with Crippen molar-refractivity contribution in [3.8, 4) is 0 Å². The van der Waals surface area contributed by atoms with Crippen molar-refractivity contribution in [2.45, 2.75) is 25.6 Å². The van der Waals surface area contributed by atoms with E-state index in [2.05, 4.69) is 10.6 Å². The molecule has 2 N–H and O–H groups in total. The van der Waals surface area contributed by atoms with Crippen LogP contribution in [0.1, 0.15) is 18.9 Å². The second-order valence-electron chi connectivity index (χ2n) is 6.43. The molecule has 0 aliphatic carbocycles. The summed E-state index contributed by atoms with van der Waals surface area (Å²) in [7, 11) is 0. The second-order valence-corrected chi connectivity index (χ2v) is 6.84. The van der Waals surface area contributed by atoms with Crippen LogP contribution in [0, 0.1) is 0 Å². The van der Waals surface area contributed by atoms with Gasteiger partial charge in [0.15, 0.2) is 0 Å². The lowest BCUT2D eigenvalue weighted by Gasteiger charge is -2.28. The Morgan fingerprint density at radius 3 is 2.68 bits per heavy atom. The minimum absolute atomic E-state index is 0.126. The van der Waals surface area contributed by atoms with Crippen molar-refractivity contribution in [3.63, 3.8) is 0 Å². The molecule has 148 valence electrons. The molecule has 1 atom stereocenters. The first-order valence-corrected chi connectivity index (χ1v) is 8.86. The molecule has 1 aliphatic heterocycles. The number of hydrogen-bond acceptors (Lipinski definition) is 3. The van der Waals surface area contributed by atoms with Crippen molar-refractivity contribution in [2.24, 2.45) is 0 Å². The molecule has 2 amide bonds. The van der Waals surface area contributed by atoms with E-state index in [9.17, 15) is 22.8 Å². The third kappa shape index (κ3) is 4.22. The van der Waals surface area contributed by atoms with E-state index < -0.39 is 11.7 Å². The SMILES string of the molecule is CC1CC(=O)Nc2ccccc2N1C(=O)CNc1ccc(C(F)(F)F)cc1Cl. The van der Waals surface area contributed by atoms with E-state index in [0.29, 0.717) is 11.4 Å². The Balaban J connectivity index is 1.79. The number of nitrogens with zero attached hydrogens (tertiary/aromatic N) is 1. The Hall–Kier alpha value is -2.74. The van der Waals surface area contributed by atoms with Gasteiger partial charge in [0, 0.05) is 12.5 Å². The Morgan fingerprint density at radius 2 is 2.00 bits per heavy atom. The molecule has 0 aromatic heterocycles. The number of rotatable bonds is 3. The van der Waals surface area contributed by atoms with Gasteiger partial charge in [0.1, 0.15) is 0 Å². The topological polar surface area (TPSA) is 61.4 Å². The lowest BCUT2D eigenvalue weighted by Crippen LogP contribution is -2.42. The van der Waals surface area contributed by atoms with Crippen LogP contribution < -0.4 is 15.5 Å². The summed E-state index contributed by atoms with van der Waals surface area (Å²) < 4.78 is 38.2. The molecule has 0 bridgehead atoms. The summed E-state index contributed by atoms with van der Waals surface area (Å²) in [6, 6.07) is 9.42. The van der Waals surface area contributed by atoms with Crippen molar-refractivity contribution in [1.82, 2.24) is 0 Å². The highest BCUT2D eigenvalue weighted by atomic mass is 35.5. The summed E-state index contributed by atoms with van der Waals surface area (Å²) in [6.07, 6.45) is -4.37. The fourth-order valence-corrected chi connectivity index (χ4v) is 3.31. The number of alkyl halides is 3. The Morgan fingerprint density at radius 1 is 1.29 bits per heavy atom. The van der Waals surface area contributed by atoms with E-state index in [-0.39, 0.29) is 41.5 Å². The van der Waals surface area contributed by atoms with E-state index in [1.165, 1.54) is 11.0 Å². The summed E-state index contributed by atoms with van der Waals surface area (Å²) in [5.74, 6) is -0.540. The van der Waals surface area contributed by atoms with E-state index in [4.69, 9.17) is 11.6 Å². The van der Waals surface area contributed by atoms with Crippen molar-refractivity contribution in [1.29, 1.82) is 0 Å². The number of benzene rings is 2. The molecule has 0 radical (unpaired) electrons. The molecule has 3 rings (SSSR count). The molecule has 2 aromatic carbocycles. The fourth-order valence-electron chi connectivity index (χ4n) is 3.06. The van der Waals surface area contributed by atoms with Gasteiger partial charge in [-0.2, -0.15) is 13.2 Å². The van der Waals surface area contributed by atoms with Crippen LogP contribution in [0.2, 0.25) is 5.02 Å². The van der Waals surface area contributed by atoms with Gasteiger partial charge in [-0.15, -0.1) is 0 Å². The maximum absolute atomic E-state index is 12.8. The average molecular weight is 412 g/mol. The number of fused-ring (bicyclic) bond motifs is 1. The average Bonchev–Trinajstić information content (AvgIpc) is 2.73. The van der Waals surface area contributed by atoms with Gasteiger partial charge in [-0.25, -0.2) is 0 Å². The minimum Gasteiger partial charge on any atom is -0.375 e. The van der Waals surface area contributed by atoms with Crippen LogP contribution in [-0.4, -0.2) is 24.4 Å². The van der Waals surface area contributed by atoms with Gasteiger partial charge in [0.2, 0.25) is 11.8 Å². The first-order valence-electron chi connectivity index (χ1n) is 8.48. The van der Waals surface area contributed by atoms with Crippen molar-refractivity contribution in [2.75, 3.05) is 22.1 Å². The first-order chi connectivity index (χ1) is 13.2. The second kappa shape index (κ2) is 7.71. The largest absolute Gasteiger partial charge is 0.416 e. The quantitative estimate of drug-likeness (QED) is 0.779. The molecule has 1 aliphatic rings. The third-order valence-electron chi connectivity index (χ3n) is 4.35. The zero-order valence-electron chi connectivity index (χ0n) is 14.8. The smallest absolute Gasteiger partial charge is 0.375 e. The molecule has 9 heteroatoms.